The lowest BCUT2D eigenvalue weighted by atomic mass is 10.1. The summed E-state index contributed by atoms with van der Waals surface area (Å²) >= 11 is 0. The number of methoxy groups -OCH3 is 1. The van der Waals surface area contributed by atoms with Crippen LogP contribution in [0, 0.1) is 11.6 Å². The Labute approximate surface area is 174 Å². The van der Waals surface area contributed by atoms with Crippen molar-refractivity contribution in [1.82, 2.24) is 10.6 Å². The Morgan fingerprint density at radius 2 is 1.96 bits per heavy atom. The SMILES string of the molecule is CCNC(=NCc1cc(F)ccc1F)NCC(O)c1cccc(OC)c1.I. The van der Waals surface area contributed by atoms with Gasteiger partial charge >= 0.3 is 0 Å². The van der Waals surface area contributed by atoms with Gasteiger partial charge < -0.3 is 20.5 Å². The normalized spacial score (nSPS) is 12.1. The summed E-state index contributed by atoms with van der Waals surface area (Å²) in [5.74, 6) is 0.0345. The van der Waals surface area contributed by atoms with Crippen molar-refractivity contribution in [2.45, 2.75) is 19.6 Å². The van der Waals surface area contributed by atoms with Gasteiger partial charge in [-0.25, -0.2) is 13.8 Å². The van der Waals surface area contributed by atoms with Crippen LogP contribution in [0.3, 0.4) is 0 Å². The fraction of sp³-hybridized carbons (Fsp3) is 0.316. The molecule has 1 atom stereocenters. The molecule has 1 unspecified atom stereocenters. The second kappa shape index (κ2) is 11.7. The second-order valence-corrected chi connectivity index (χ2v) is 5.60. The summed E-state index contributed by atoms with van der Waals surface area (Å²) in [5.41, 5.74) is 0.861. The highest BCUT2D eigenvalue weighted by atomic mass is 127. The Kier molecular flexibility index (Phi) is 10.0. The first-order valence-corrected chi connectivity index (χ1v) is 8.31. The molecule has 0 radical (unpaired) electrons. The average Bonchev–Trinajstić information content (AvgIpc) is 2.66. The molecule has 8 heteroatoms. The number of hydrogen-bond donors (Lipinski definition) is 3. The molecule has 0 aromatic heterocycles. The van der Waals surface area contributed by atoms with Crippen molar-refractivity contribution in [3.63, 3.8) is 0 Å². The van der Waals surface area contributed by atoms with Gasteiger partial charge in [-0.05, 0) is 42.8 Å². The average molecular weight is 491 g/mol. The lowest BCUT2D eigenvalue weighted by Crippen LogP contribution is -2.39. The highest BCUT2D eigenvalue weighted by molar-refractivity contribution is 14.0. The van der Waals surface area contributed by atoms with Crippen LogP contribution >= 0.6 is 24.0 Å². The minimum absolute atomic E-state index is 0. The molecule has 2 aromatic rings. The van der Waals surface area contributed by atoms with Gasteiger partial charge in [0.1, 0.15) is 17.4 Å². The minimum Gasteiger partial charge on any atom is -0.497 e. The van der Waals surface area contributed by atoms with Crippen LogP contribution in [0.2, 0.25) is 0 Å². The first-order valence-electron chi connectivity index (χ1n) is 8.31. The molecule has 0 saturated carbocycles. The summed E-state index contributed by atoms with van der Waals surface area (Å²) in [5, 5.41) is 16.3. The zero-order chi connectivity index (χ0) is 18.9. The molecule has 3 N–H and O–H groups in total. The van der Waals surface area contributed by atoms with Crippen molar-refractivity contribution >= 4 is 29.9 Å². The molecule has 0 aliphatic rings. The summed E-state index contributed by atoms with van der Waals surface area (Å²) in [6, 6.07) is 10.4. The van der Waals surface area contributed by atoms with Crippen LogP contribution in [0.5, 0.6) is 5.75 Å². The number of guanidine groups is 1. The maximum absolute atomic E-state index is 13.7. The van der Waals surface area contributed by atoms with Crippen molar-refractivity contribution < 1.29 is 18.6 Å². The molecule has 2 aromatic carbocycles. The van der Waals surface area contributed by atoms with Crippen LogP contribution in [-0.2, 0) is 6.54 Å². The number of ether oxygens (including phenoxy) is 1. The van der Waals surface area contributed by atoms with Crippen LogP contribution in [0.25, 0.3) is 0 Å². The van der Waals surface area contributed by atoms with Gasteiger partial charge in [0.25, 0.3) is 0 Å². The Hall–Kier alpha value is -1.94. The molecule has 5 nitrogen and oxygen atoms in total. The van der Waals surface area contributed by atoms with Gasteiger partial charge in [0.05, 0.1) is 19.8 Å². The van der Waals surface area contributed by atoms with E-state index in [9.17, 15) is 13.9 Å². The van der Waals surface area contributed by atoms with Gasteiger partial charge in [0.15, 0.2) is 5.96 Å². The van der Waals surface area contributed by atoms with E-state index in [1.54, 1.807) is 31.4 Å². The van der Waals surface area contributed by atoms with Crippen molar-refractivity contribution in [1.29, 1.82) is 0 Å². The third-order valence-corrected chi connectivity index (χ3v) is 3.70. The van der Waals surface area contributed by atoms with Crippen molar-refractivity contribution in [3.05, 3.63) is 65.2 Å². The van der Waals surface area contributed by atoms with Crippen molar-refractivity contribution in [2.24, 2.45) is 4.99 Å². The van der Waals surface area contributed by atoms with Crippen LogP contribution in [0.15, 0.2) is 47.5 Å². The highest BCUT2D eigenvalue weighted by Crippen LogP contribution is 2.18. The van der Waals surface area contributed by atoms with E-state index in [1.165, 1.54) is 0 Å². The topological polar surface area (TPSA) is 65.9 Å². The third-order valence-electron chi connectivity index (χ3n) is 3.70. The van der Waals surface area contributed by atoms with Gasteiger partial charge in [-0.3, -0.25) is 0 Å². The second-order valence-electron chi connectivity index (χ2n) is 5.60. The predicted molar refractivity (Wildman–Crippen MR) is 113 cm³/mol. The highest BCUT2D eigenvalue weighted by Gasteiger charge is 2.10. The number of aliphatic imine (C=N–C) groups is 1. The Bertz CT molecular complexity index is 759. The van der Waals surface area contributed by atoms with Crippen molar-refractivity contribution in [3.8, 4) is 5.75 Å². The third kappa shape index (κ3) is 7.30. The number of rotatable bonds is 7. The first kappa shape index (κ1) is 23.1. The molecule has 0 saturated heterocycles. The summed E-state index contributed by atoms with van der Waals surface area (Å²) in [6.45, 7) is 2.66. The van der Waals surface area contributed by atoms with Gasteiger partial charge in [-0.15, -0.1) is 24.0 Å². The number of nitrogens with zero attached hydrogens (tertiary/aromatic N) is 1. The van der Waals surface area contributed by atoms with E-state index in [-0.39, 0.29) is 42.6 Å². The fourth-order valence-corrected chi connectivity index (χ4v) is 2.33. The van der Waals surface area contributed by atoms with E-state index >= 15 is 0 Å². The lowest BCUT2D eigenvalue weighted by molar-refractivity contribution is 0.180. The number of nitrogens with one attached hydrogen (secondary N) is 2. The van der Waals surface area contributed by atoms with E-state index in [2.05, 4.69) is 15.6 Å². The molecule has 148 valence electrons. The Morgan fingerprint density at radius 1 is 1.19 bits per heavy atom. The maximum atomic E-state index is 13.7. The molecule has 0 aliphatic carbocycles. The van der Waals surface area contributed by atoms with E-state index in [0.29, 0.717) is 23.8 Å². The van der Waals surface area contributed by atoms with Gasteiger partial charge in [-0.1, -0.05) is 12.1 Å². The largest absolute Gasteiger partial charge is 0.497 e. The molecular formula is C19H24F2IN3O2. The van der Waals surface area contributed by atoms with E-state index < -0.39 is 17.7 Å². The first-order chi connectivity index (χ1) is 12.5. The van der Waals surface area contributed by atoms with Crippen LogP contribution < -0.4 is 15.4 Å². The van der Waals surface area contributed by atoms with E-state index in [4.69, 9.17) is 4.74 Å². The molecule has 0 amide bonds. The molecule has 0 spiro atoms. The van der Waals surface area contributed by atoms with Crippen LogP contribution in [-0.4, -0.2) is 31.3 Å². The number of aliphatic hydroxyl groups is 1. The Morgan fingerprint density at radius 3 is 2.67 bits per heavy atom. The number of halogens is 3. The molecule has 27 heavy (non-hydrogen) atoms. The summed E-state index contributed by atoms with van der Waals surface area (Å²) < 4.78 is 32.1. The lowest BCUT2D eigenvalue weighted by Gasteiger charge is -2.16. The Balaban J connectivity index is 0.00000364. The zero-order valence-corrected chi connectivity index (χ0v) is 17.5. The monoisotopic (exact) mass is 491 g/mol. The molecule has 0 aliphatic heterocycles. The minimum atomic E-state index is -0.778. The molecule has 0 bridgehead atoms. The molecular weight excluding hydrogens is 467 g/mol. The maximum Gasteiger partial charge on any atom is 0.191 e. The smallest absolute Gasteiger partial charge is 0.191 e. The number of aliphatic hydroxyl groups excluding tert-OH is 1. The molecule has 0 heterocycles. The summed E-state index contributed by atoms with van der Waals surface area (Å²) in [6.07, 6.45) is -0.778. The zero-order valence-electron chi connectivity index (χ0n) is 15.2. The predicted octanol–water partition coefficient (Wildman–Crippen LogP) is 3.38. The quantitative estimate of drug-likeness (QED) is 0.316. The molecule has 2 rings (SSSR count). The van der Waals surface area contributed by atoms with Gasteiger partial charge in [0, 0.05) is 18.7 Å². The van der Waals surface area contributed by atoms with Crippen LogP contribution in [0.1, 0.15) is 24.2 Å². The van der Waals surface area contributed by atoms with Gasteiger partial charge in [-0.2, -0.15) is 0 Å². The fourth-order valence-electron chi connectivity index (χ4n) is 2.33. The van der Waals surface area contributed by atoms with Gasteiger partial charge in [0.2, 0.25) is 0 Å². The number of benzene rings is 2. The standard InChI is InChI=1S/C19H23F2N3O2.HI/c1-3-22-19(23-11-14-9-15(20)7-8-17(14)21)24-12-18(25)13-5-4-6-16(10-13)26-2;/h4-10,18,25H,3,11-12H2,1-2H3,(H2,22,23,24);1H. The van der Waals surface area contributed by atoms with E-state index in [0.717, 1.165) is 18.2 Å². The molecule has 0 fully saturated rings. The summed E-state index contributed by atoms with van der Waals surface area (Å²) in [7, 11) is 1.56. The summed E-state index contributed by atoms with van der Waals surface area (Å²) in [4.78, 5) is 4.24. The van der Waals surface area contributed by atoms with E-state index in [1.807, 2.05) is 6.92 Å². The van der Waals surface area contributed by atoms with Crippen LogP contribution in [0.4, 0.5) is 8.78 Å². The van der Waals surface area contributed by atoms with Crippen molar-refractivity contribution in [2.75, 3.05) is 20.2 Å². The number of hydrogen-bond acceptors (Lipinski definition) is 3.